The van der Waals surface area contributed by atoms with E-state index in [-0.39, 0.29) is 0 Å². The largest absolute Gasteiger partial charge is 0.497 e. The average molecular weight is 212 g/mol. The molecule has 0 aromatic heterocycles. The number of hydrogen-bond acceptors (Lipinski definition) is 1. The number of benzene rings is 2. The first-order chi connectivity index (χ1) is 7.83. The van der Waals surface area contributed by atoms with E-state index in [0.717, 1.165) is 12.2 Å². The van der Waals surface area contributed by atoms with E-state index < -0.39 is 0 Å². The van der Waals surface area contributed by atoms with Crippen LogP contribution in [0, 0.1) is 0 Å². The molecule has 0 spiro atoms. The maximum atomic E-state index is 5.32. The monoisotopic (exact) mass is 212 g/mol. The predicted octanol–water partition coefficient (Wildman–Crippen LogP) is 3.92. The minimum Gasteiger partial charge on any atom is -0.497 e. The lowest BCUT2D eigenvalue weighted by Crippen LogP contribution is -1.88. The Kier molecular flexibility index (Phi) is 3.25. The van der Waals surface area contributed by atoms with Gasteiger partial charge in [0, 0.05) is 0 Å². The number of rotatable bonds is 3. The Morgan fingerprint density at radius 1 is 0.938 bits per heavy atom. The van der Waals surface area contributed by atoms with Gasteiger partial charge in [-0.1, -0.05) is 43.3 Å². The highest BCUT2D eigenvalue weighted by atomic mass is 16.5. The van der Waals surface area contributed by atoms with Crippen LogP contribution >= 0.6 is 0 Å². The summed E-state index contributed by atoms with van der Waals surface area (Å²) in [4.78, 5) is 0. The van der Waals surface area contributed by atoms with Crippen LogP contribution in [-0.2, 0) is 6.42 Å². The zero-order valence-corrected chi connectivity index (χ0v) is 9.73. The third-order valence-electron chi connectivity index (χ3n) is 2.72. The van der Waals surface area contributed by atoms with Crippen molar-refractivity contribution in [3.63, 3.8) is 0 Å². The highest BCUT2D eigenvalue weighted by molar-refractivity contribution is 5.66. The minimum absolute atomic E-state index is 0.929. The fourth-order valence-corrected chi connectivity index (χ4v) is 1.78. The summed E-state index contributed by atoms with van der Waals surface area (Å²) in [5.41, 5.74) is 3.76. The molecule has 0 N–H and O–H groups in total. The molecule has 1 nitrogen and oxygen atoms in total. The summed E-state index contributed by atoms with van der Waals surface area (Å²) in [6, 6.07) is 16.8. The van der Waals surface area contributed by atoms with Crippen molar-refractivity contribution in [1.29, 1.82) is 0 Å². The second-order valence-electron chi connectivity index (χ2n) is 3.79. The molecule has 0 aliphatic carbocycles. The van der Waals surface area contributed by atoms with Crippen LogP contribution in [-0.4, -0.2) is 7.11 Å². The lowest BCUT2D eigenvalue weighted by Gasteiger charge is -2.08. The van der Waals surface area contributed by atoms with Gasteiger partial charge in [-0.3, -0.25) is 0 Å². The smallest absolute Gasteiger partial charge is 0.119 e. The van der Waals surface area contributed by atoms with Gasteiger partial charge in [0.15, 0.2) is 0 Å². The molecule has 0 amide bonds. The molecule has 82 valence electrons. The molecule has 0 radical (unpaired) electrons. The van der Waals surface area contributed by atoms with Crippen molar-refractivity contribution in [3.8, 4) is 16.9 Å². The van der Waals surface area contributed by atoms with Gasteiger partial charge >= 0.3 is 0 Å². The second-order valence-corrected chi connectivity index (χ2v) is 3.79. The minimum atomic E-state index is 0.929. The first kappa shape index (κ1) is 10.7. The van der Waals surface area contributed by atoms with E-state index >= 15 is 0 Å². The van der Waals surface area contributed by atoms with Crippen molar-refractivity contribution in [2.45, 2.75) is 13.3 Å². The van der Waals surface area contributed by atoms with Gasteiger partial charge in [-0.15, -0.1) is 0 Å². The van der Waals surface area contributed by atoms with E-state index in [2.05, 4.69) is 49.4 Å². The molecule has 0 saturated carbocycles. The van der Waals surface area contributed by atoms with Gasteiger partial charge < -0.3 is 4.74 Å². The molecule has 2 rings (SSSR count). The Morgan fingerprint density at radius 2 is 1.69 bits per heavy atom. The molecule has 0 bridgehead atoms. The van der Waals surface area contributed by atoms with Crippen LogP contribution in [0.1, 0.15) is 12.5 Å². The van der Waals surface area contributed by atoms with Crippen molar-refractivity contribution < 1.29 is 4.74 Å². The van der Waals surface area contributed by atoms with Crippen LogP contribution in [0.2, 0.25) is 0 Å². The number of hydrogen-bond donors (Lipinski definition) is 0. The lowest BCUT2D eigenvalue weighted by molar-refractivity contribution is 0.414. The molecule has 0 unspecified atom stereocenters. The fourth-order valence-electron chi connectivity index (χ4n) is 1.78. The van der Waals surface area contributed by atoms with E-state index in [0.29, 0.717) is 0 Å². The highest BCUT2D eigenvalue weighted by Crippen LogP contribution is 2.26. The summed E-state index contributed by atoms with van der Waals surface area (Å²) in [6.07, 6.45) is 1.02. The van der Waals surface area contributed by atoms with Gasteiger partial charge in [0.25, 0.3) is 0 Å². The summed E-state index contributed by atoms with van der Waals surface area (Å²) in [5, 5.41) is 0. The van der Waals surface area contributed by atoms with E-state index in [4.69, 9.17) is 4.74 Å². The molecule has 2 aromatic carbocycles. The average Bonchev–Trinajstić information content (AvgIpc) is 2.39. The molecule has 1 heteroatoms. The molecule has 0 saturated heterocycles. The third-order valence-corrected chi connectivity index (χ3v) is 2.72. The van der Waals surface area contributed by atoms with Crippen molar-refractivity contribution in [3.05, 3.63) is 54.1 Å². The molecule has 0 heterocycles. The van der Waals surface area contributed by atoms with E-state index in [1.54, 1.807) is 7.11 Å². The van der Waals surface area contributed by atoms with Gasteiger partial charge in [-0.05, 0) is 35.2 Å². The maximum absolute atomic E-state index is 5.32. The first-order valence-corrected chi connectivity index (χ1v) is 5.57. The first-order valence-electron chi connectivity index (χ1n) is 5.57. The van der Waals surface area contributed by atoms with Gasteiger partial charge in [0.2, 0.25) is 0 Å². The van der Waals surface area contributed by atoms with E-state index in [1.807, 2.05) is 6.07 Å². The maximum Gasteiger partial charge on any atom is 0.119 e. The van der Waals surface area contributed by atoms with Crippen molar-refractivity contribution in [2.75, 3.05) is 7.11 Å². The van der Waals surface area contributed by atoms with Crippen molar-refractivity contribution >= 4 is 0 Å². The Labute approximate surface area is 96.7 Å². The second kappa shape index (κ2) is 4.84. The topological polar surface area (TPSA) is 9.23 Å². The van der Waals surface area contributed by atoms with Crippen LogP contribution in [0.25, 0.3) is 11.1 Å². The Balaban J connectivity index is 2.48. The van der Waals surface area contributed by atoms with Crippen molar-refractivity contribution in [1.82, 2.24) is 0 Å². The zero-order chi connectivity index (χ0) is 11.4. The van der Waals surface area contributed by atoms with Crippen LogP contribution in [0.4, 0.5) is 0 Å². The number of methoxy groups -OCH3 is 1. The fraction of sp³-hybridized carbons (Fsp3) is 0.200. The third kappa shape index (κ3) is 2.25. The van der Waals surface area contributed by atoms with Gasteiger partial charge in [0.05, 0.1) is 7.11 Å². The molecule has 2 aromatic rings. The summed E-state index contributed by atoms with van der Waals surface area (Å²) in [7, 11) is 1.71. The summed E-state index contributed by atoms with van der Waals surface area (Å²) in [5.74, 6) is 0.929. The molecular weight excluding hydrogens is 196 g/mol. The standard InChI is InChI=1S/C15H16O/c1-3-12-9-14(11-15(10-12)16-2)13-7-5-4-6-8-13/h4-11H,3H2,1-2H3. The Bertz CT molecular complexity index is 438. The number of aryl methyl sites for hydroxylation is 1. The van der Waals surface area contributed by atoms with Gasteiger partial charge in [-0.2, -0.15) is 0 Å². The molecular formula is C15H16O. The quantitative estimate of drug-likeness (QED) is 0.749. The van der Waals surface area contributed by atoms with Crippen LogP contribution in [0.3, 0.4) is 0 Å². The molecule has 16 heavy (non-hydrogen) atoms. The highest BCUT2D eigenvalue weighted by Gasteiger charge is 2.02. The van der Waals surface area contributed by atoms with E-state index in [9.17, 15) is 0 Å². The normalized spacial score (nSPS) is 10.1. The predicted molar refractivity (Wildman–Crippen MR) is 67.8 cm³/mol. The summed E-state index contributed by atoms with van der Waals surface area (Å²) >= 11 is 0. The van der Waals surface area contributed by atoms with E-state index in [1.165, 1.54) is 16.7 Å². The Hall–Kier alpha value is -1.76. The SMILES string of the molecule is CCc1cc(OC)cc(-c2ccccc2)c1. The van der Waals surface area contributed by atoms with Crippen LogP contribution in [0.15, 0.2) is 48.5 Å². The number of ether oxygens (including phenoxy) is 1. The molecule has 0 aliphatic heterocycles. The zero-order valence-electron chi connectivity index (χ0n) is 9.73. The van der Waals surface area contributed by atoms with Gasteiger partial charge in [0.1, 0.15) is 5.75 Å². The molecule has 0 fully saturated rings. The van der Waals surface area contributed by atoms with Crippen LogP contribution < -0.4 is 4.74 Å². The summed E-state index contributed by atoms with van der Waals surface area (Å²) in [6.45, 7) is 2.16. The molecule has 0 atom stereocenters. The van der Waals surface area contributed by atoms with Crippen LogP contribution in [0.5, 0.6) is 5.75 Å². The Morgan fingerprint density at radius 3 is 2.31 bits per heavy atom. The van der Waals surface area contributed by atoms with Gasteiger partial charge in [-0.25, -0.2) is 0 Å². The lowest BCUT2D eigenvalue weighted by atomic mass is 10.0. The molecule has 0 aliphatic rings. The van der Waals surface area contributed by atoms with Crippen molar-refractivity contribution in [2.24, 2.45) is 0 Å². The summed E-state index contributed by atoms with van der Waals surface area (Å²) < 4.78 is 5.32.